The lowest BCUT2D eigenvalue weighted by molar-refractivity contribution is 0.0678. The SMILES string of the molecule is CC1(C)CN(C(=O)c2cc(N3CCC(N4Cc5ccccc5NC4=O)CC3)ccn2)Cc2cn[nH]c21. The fourth-order valence-electron chi connectivity index (χ4n) is 5.83. The molecule has 1 aromatic carbocycles. The van der Waals surface area contributed by atoms with Gasteiger partial charge in [-0.3, -0.25) is 14.9 Å². The van der Waals surface area contributed by atoms with Crippen LogP contribution >= 0.6 is 0 Å². The first kappa shape index (κ1) is 22.6. The molecule has 2 aromatic heterocycles. The molecule has 3 amide bonds. The van der Waals surface area contributed by atoms with Crippen LogP contribution < -0.4 is 10.2 Å². The first-order chi connectivity index (χ1) is 17.4. The number of carbonyl (C=O) groups excluding carboxylic acids is 2. The van der Waals surface area contributed by atoms with Gasteiger partial charge in [-0.15, -0.1) is 0 Å². The molecule has 9 heteroatoms. The second-order valence-electron chi connectivity index (χ2n) is 10.6. The van der Waals surface area contributed by atoms with Gasteiger partial charge in [0.25, 0.3) is 5.91 Å². The normalized spacial score (nSPS) is 19.5. The van der Waals surface area contributed by atoms with Crippen molar-refractivity contribution in [3.8, 4) is 0 Å². The third kappa shape index (κ3) is 3.98. The first-order valence-corrected chi connectivity index (χ1v) is 12.6. The van der Waals surface area contributed by atoms with E-state index >= 15 is 0 Å². The second kappa shape index (κ2) is 8.65. The number of H-pyrrole nitrogens is 1. The predicted octanol–water partition coefficient (Wildman–Crippen LogP) is 3.75. The number of anilines is 2. The number of nitrogens with zero attached hydrogens (tertiary/aromatic N) is 5. The van der Waals surface area contributed by atoms with E-state index in [2.05, 4.69) is 45.3 Å². The lowest BCUT2D eigenvalue weighted by atomic mass is 9.83. The van der Waals surface area contributed by atoms with Crippen LogP contribution in [0.25, 0.3) is 0 Å². The van der Waals surface area contributed by atoms with Gasteiger partial charge in [-0.1, -0.05) is 32.0 Å². The van der Waals surface area contributed by atoms with Crippen molar-refractivity contribution in [2.75, 3.05) is 29.9 Å². The van der Waals surface area contributed by atoms with Crippen molar-refractivity contribution in [3.05, 3.63) is 71.3 Å². The Kier molecular flexibility index (Phi) is 5.43. The Morgan fingerprint density at radius 2 is 1.89 bits per heavy atom. The van der Waals surface area contributed by atoms with Crippen LogP contribution in [0.2, 0.25) is 0 Å². The number of hydrogen-bond donors (Lipinski definition) is 2. The molecule has 3 aliphatic rings. The number of benzene rings is 1. The van der Waals surface area contributed by atoms with E-state index in [0.717, 1.165) is 54.1 Å². The summed E-state index contributed by atoms with van der Waals surface area (Å²) in [5.74, 6) is -0.0599. The van der Waals surface area contributed by atoms with Crippen molar-refractivity contribution >= 4 is 23.3 Å². The maximum atomic E-state index is 13.4. The number of fused-ring (bicyclic) bond motifs is 2. The Morgan fingerprint density at radius 1 is 1.08 bits per heavy atom. The lowest BCUT2D eigenvalue weighted by Crippen LogP contribution is -2.50. The Morgan fingerprint density at radius 3 is 2.72 bits per heavy atom. The van der Waals surface area contributed by atoms with Gasteiger partial charge in [-0.25, -0.2) is 4.79 Å². The average molecular weight is 486 g/mol. The third-order valence-electron chi connectivity index (χ3n) is 7.72. The molecule has 0 aliphatic carbocycles. The summed E-state index contributed by atoms with van der Waals surface area (Å²) >= 11 is 0. The molecule has 1 saturated heterocycles. The highest BCUT2D eigenvalue weighted by molar-refractivity contribution is 5.94. The highest BCUT2D eigenvalue weighted by atomic mass is 16.2. The Hall–Kier alpha value is -3.88. The van der Waals surface area contributed by atoms with Crippen LogP contribution in [0.3, 0.4) is 0 Å². The predicted molar refractivity (Wildman–Crippen MR) is 137 cm³/mol. The molecule has 2 N–H and O–H groups in total. The van der Waals surface area contributed by atoms with Crippen LogP contribution in [0.15, 0.2) is 48.8 Å². The summed E-state index contributed by atoms with van der Waals surface area (Å²) in [6, 6.07) is 12.0. The van der Waals surface area contributed by atoms with E-state index in [9.17, 15) is 9.59 Å². The number of piperidine rings is 1. The fraction of sp³-hybridized carbons (Fsp3) is 0.407. The summed E-state index contributed by atoms with van der Waals surface area (Å²) in [7, 11) is 0. The fourth-order valence-corrected chi connectivity index (χ4v) is 5.83. The molecule has 0 saturated carbocycles. The van der Waals surface area contributed by atoms with Gasteiger partial charge in [0, 0.05) is 73.0 Å². The molecule has 5 heterocycles. The van der Waals surface area contributed by atoms with Crippen molar-refractivity contribution < 1.29 is 9.59 Å². The van der Waals surface area contributed by atoms with Gasteiger partial charge in [0.05, 0.1) is 6.20 Å². The number of pyridine rings is 1. The van der Waals surface area contributed by atoms with Crippen molar-refractivity contribution in [1.82, 2.24) is 25.0 Å². The largest absolute Gasteiger partial charge is 0.371 e. The molecule has 0 atom stereocenters. The van der Waals surface area contributed by atoms with E-state index in [4.69, 9.17) is 0 Å². The van der Waals surface area contributed by atoms with Crippen LogP contribution in [-0.2, 0) is 18.5 Å². The molecule has 0 bridgehead atoms. The molecule has 0 unspecified atom stereocenters. The van der Waals surface area contributed by atoms with Crippen molar-refractivity contribution in [2.45, 2.75) is 51.2 Å². The quantitative estimate of drug-likeness (QED) is 0.589. The van der Waals surface area contributed by atoms with Crippen molar-refractivity contribution in [2.24, 2.45) is 0 Å². The van der Waals surface area contributed by atoms with Gasteiger partial charge >= 0.3 is 6.03 Å². The van der Waals surface area contributed by atoms with Crippen LogP contribution in [0.4, 0.5) is 16.2 Å². The number of hydrogen-bond acceptors (Lipinski definition) is 5. The van der Waals surface area contributed by atoms with Gasteiger partial charge in [0.2, 0.25) is 0 Å². The molecular formula is C27H31N7O2. The number of para-hydroxylation sites is 1. The molecule has 0 spiro atoms. The number of carbonyl (C=O) groups is 2. The second-order valence-corrected chi connectivity index (χ2v) is 10.6. The highest BCUT2D eigenvalue weighted by Gasteiger charge is 2.36. The molecule has 3 aliphatic heterocycles. The Bertz CT molecular complexity index is 1310. The van der Waals surface area contributed by atoms with E-state index in [-0.39, 0.29) is 23.4 Å². The van der Waals surface area contributed by atoms with E-state index in [0.29, 0.717) is 25.3 Å². The van der Waals surface area contributed by atoms with Crippen LogP contribution in [0.5, 0.6) is 0 Å². The van der Waals surface area contributed by atoms with Crippen molar-refractivity contribution in [3.63, 3.8) is 0 Å². The lowest BCUT2D eigenvalue weighted by Gasteiger charge is -2.41. The Balaban J connectivity index is 1.12. The summed E-state index contributed by atoms with van der Waals surface area (Å²) in [4.78, 5) is 36.7. The molecule has 186 valence electrons. The number of urea groups is 1. The zero-order chi connectivity index (χ0) is 24.9. The number of aromatic amines is 1. The van der Waals surface area contributed by atoms with Gasteiger partial charge in [-0.05, 0) is 36.6 Å². The summed E-state index contributed by atoms with van der Waals surface area (Å²) in [6.45, 7) is 7.68. The Labute approximate surface area is 210 Å². The third-order valence-corrected chi connectivity index (χ3v) is 7.72. The molecule has 0 radical (unpaired) electrons. The van der Waals surface area contributed by atoms with Gasteiger partial charge in [-0.2, -0.15) is 5.10 Å². The number of nitrogens with one attached hydrogen (secondary N) is 2. The summed E-state index contributed by atoms with van der Waals surface area (Å²) < 4.78 is 0. The maximum absolute atomic E-state index is 13.4. The zero-order valence-corrected chi connectivity index (χ0v) is 20.7. The van der Waals surface area contributed by atoms with Gasteiger partial charge < -0.3 is 20.0 Å². The molecule has 36 heavy (non-hydrogen) atoms. The van der Waals surface area contributed by atoms with Crippen molar-refractivity contribution in [1.29, 1.82) is 0 Å². The van der Waals surface area contributed by atoms with Crippen LogP contribution in [0.1, 0.15) is 54.0 Å². The summed E-state index contributed by atoms with van der Waals surface area (Å²) in [5.41, 5.74) is 5.49. The summed E-state index contributed by atoms with van der Waals surface area (Å²) in [5, 5.41) is 10.3. The minimum atomic E-state index is -0.194. The zero-order valence-electron chi connectivity index (χ0n) is 20.7. The standard InChI is InChI=1S/C27H31N7O2/c1-27(2)17-33(15-19-14-29-31-24(19)27)25(35)23-13-21(7-10-28-23)32-11-8-20(9-12-32)34-16-18-5-3-4-6-22(18)30-26(34)36/h3-7,10,13-14,20H,8-9,11-12,15-17H2,1-2H3,(H,29,31)(H,30,36). The summed E-state index contributed by atoms with van der Waals surface area (Å²) in [6.07, 6.45) is 5.29. The number of aromatic nitrogens is 3. The molecule has 6 rings (SSSR count). The minimum absolute atomic E-state index is 0.0193. The topological polar surface area (TPSA) is 97.5 Å². The number of rotatable bonds is 3. The first-order valence-electron chi connectivity index (χ1n) is 12.6. The number of amides is 3. The van der Waals surface area contributed by atoms with E-state index in [1.807, 2.05) is 46.3 Å². The highest BCUT2D eigenvalue weighted by Crippen LogP contribution is 2.33. The molecule has 9 nitrogen and oxygen atoms in total. The maximum Gasteiger partial charge on any atom is 0.322 e. The molecular weight excluding hydrogens is 454 g/mol. The molecule has 1 fully saturated rings. The van der Waals surface area contributed by atoms with Crippen LogP contribution in [0, 0.1) is 0 Å². The molecule has 3 aromatic rings. The average Bonchev–Trinajstić information content (AvgIpc) is 3.38. The smallest absolute Gasteiger partial charge is 0.322 e. The van der Waals surface area contributed by atoms with Gasteiger partial charge in [0.1, 0.15) is 5.69 Å². The van der Waals surface area contributed by atoms with E-state index in [1.165, 1.54) is 0 Å². The monoisotopic (exact) mass is 485 g/mol. The van der Waals surface area contributed by atoms with E-state index in [1.54, 1.807) is 6.20 Å². The van der Waals surface area contributed by atoms with Gasteiger partial charge in [0.15, 0.2) is 0 Å². The van der Waals surface area contributed by atoms with E-state index < -0.39 is 0 Å². The minimum Gasteiger partial charge on any atom is -0.371 e. The van der Waals surface area contributed by atoms with Crippen LogP contribution in [-0.4, -0.2) is 62.6 Å².